The highest BCUT2D eigenvalue weighted by molar-refractivity contribution is 5.71. The number of nitrogens with zero attached hydrogens (tertiary/aromatic N) is 1. The molecule has 0 atom stereocenters. The van der Waals surface area contributed by atoms with Crippen molar-refractivity contribution in [1.29, 1.82) is 0 Å². The van der Waals surface area contributed by atoms with E-state index in [1.54, 1.807) is 6.07 Å². The van der Waals surface area contributed by atoms with E-state index in [1.807, 2.05) is 0 Å². The van der Waals surface area contributed by atoms with Crippen LogP contribution in [0.2, 0.25) is 0 Å². The van der Waals surface area contributed by atoms with Crippen molar-refractivity contribution in [2.24, 2.45) is 0 Å². The number of hydrogen-bond acceptors (Lipinski definition) is 2. The molecule has 1 aromatic heterocycles. The van der Waals surface area contributed by atoms with Gasteiger partial charge in [-0.1, -0.05) is 0 Å². The Morgan fingerprint density at radius 1 is 1.50 bits per heavy atom. The van der Waals surface area contributed by atoms with Crippen molar-refractivity contribution in [3.8, 4) is 0 Å². The molecule has 1 heterocycles. The van der Waals surface area contributed by atoms with E-state index in [1.165, 1.54) is 12.1 Å². The van der Waals surface area contributed by atoms with Gasteiger partial charge in [0.15, 0.2) is 5.58 Å². The molecular weight excluding hydrogens is 133 g/mol. The smallest absolute Gasteiger partial charge is 0.284 e. The summed E-state index contributed by atoms with van der Waals surface area (Å²) in [5.41, 5.74) is 1.06. The topological polar surface area (TPSA) is 26.0 Å². The summed E-state index contributed by atoms with van der Waals surface area (Å²) in [5, 5.41) is 0. The van der Waals surface area contributed by atoms with E-state index in [2.05, 4.69) is 11.4 Å². The molecule has 0 saturated heterocycles. The zero-order valence-electron chi connectivity index (χ0n) is 4.97. The number of aromatic nitrogens is 1. The lowest BCUT2D eigenvalue weighted by molar-refractivity contribution is 0.582. The van der Waals surface area contributed by atoms with E-state index in [-0.39, 0.29) is 5.82 Å². The quantitative estimate of drug-likeness (QED) is 0.551. The van der Waals surface area contributed by atoms with Gasteiger partial charge in [-0.25, -0.2) is 9.37 Å². The molecule has 0 spiro atoms. The van der Waals surface area contributed by atoms with E-state index in [9.17, 15) is 4.39 Å². The molecule has 0 unspecified atom stereocenters. The van der Waals surface area contributed by atoms with E-state index < -0.39 is 0 Å². The van der Waals surface area contributed by atoms with Crippen LogP contribution in [0.1, 0.15) is 0 Å². The number of benzene rings is 1. The molecule has 0 fully saturated rings. The van der Waals surface area contributed by atoms with Crippen molar-refractivity contribution < 1.29 is 8.81 Å². The summed E-state index contributed by atoms with van der Waals surface area (Å²) < 4.78 is 17.1. The first kappa shape index (κ1) is 5.41. The van der Waals surface area contributed by atoms with Gasteiger partial charge in [0.1, 0.15) is 11.3 Å². The zero-order valence-corrected chi connectivity index (χ0v) is 4.97. The van der Waals surface area contributed by atoms with Crippen molar-refractivity contribution in [3.05, 3.63) is 30.4 Å². The zero-order chi connectivity index (χ0) is 6.97. The number of halogens is 1. The third kappa shape index (κ3) is 0.673. The monoisotopic (exact) mass is 136 g/mol. The lowest BCUT2D eigenvalue weighted by Gasteiger charge is -1.84. The average molecular weight is 136 g/mol. The van der Waals surface area contributed by atoms with Gasteiger partial charge in [0.2, 0.25) is 0 Å². The largest absolute Gasteiger partial charge is 0.432 e. The summed E-state index contributed by atoms with van der Waals surface area (Å²) in [4.78, 5) is 3.70. The second-order valence-corrected chi connectivity index (χ2v) is 1.92. The van der Waals surface area contributed by atoms with Crippen LogP contribution < -0.4 is 0 Å². The van der Waals surface area contributed by atoms with Crippen LogP contribution in [-0.2, 0) is 0 Å². The Kier molecular flexibility index (Phi) is 0.974. The van der Waals surface area contributed by atoms with E-state index >= 15 is 0 Å². The van der Waals surface area contributed by atoms with Crippen molar-refractivity contribution in [3.63, 3.8) is 0 Å². The molecule has 2 aromatic rings. The second kappa shape index (κ2) is 1.80. The van der Waals surface area contributed by atoms with Crippen LogP contribution in [0.25, 0.3) is 11.1 Å². The maximum Gasteiger partial charge on any atom is 0.284 e. The van der Waals surface area contributed by atoms with Crippen LogP contribution in [0, 0.1) is 12.2 Å². The molecule has 1 aromatic carbocycles. The Bertz CT molecular complexity index is 355. The molecule has 0 aliphatic rings. The van der Waals surface area contributed by atoms with Gasteiger partial charge in [-0.3, -0.25) is 0 Å². The molecular formula is C7H3FNO. The molecule has 1 radical (unpaired) electrons. The molecule has 3 heteroatoms. The SMILES string of the molecule is Fc1ccc2n[c]oc2c1. The third-order valence-corrected chi connectivity index (χ3v) is 1.24. The van der Waals surface area contributed by atoms with Gasteiger partial charge in [0.25, 0.3) is 6.39 Å². The molecule has 49 valence electrons. The summed E-state index contributed by atoms with van der Waals surface area (Å²) >= 11 is 0. The van der Waals surface area contributed by atoms with E-state index in [0.717, 1.165) is 0 Å². The minimum Gasteiger partial charge on any atom is -0.432 e. The van der Waals surface area contributed by atoms with Crippen molar-refractivity contribution in [2.45, 2.75) is 0 Å². The molecule has 2 nitrogen and oxygen atoms in total. The minimum atomic E-state index is -0.322. The minimum absolute atomic E-state index is 0.322. The van der Waals surface area contributed by atoms with Gasteiger partial charge in [-0.15, -0.1) is 0 Å². The second-order valence-electron chi connectivity index (χ2n) is 1.92. The molecule has 10 heavy (non-hydrogen) atoms. The maximum absolute atomic E-state index is 12.4. The average Bonchev–Trinajstić information content (AvgIpc) is 2.33. The lowest BCUT2D eigenvalue weighted by atomic mass is 10.3. The summed E-state index contributed by atoms with van der Waals surface area (Å²) in [6.07, 6.45) is 2.27. The van der Waals surface area contributed by atoms with E-state index in [4.69, 9.17) is 4.42 Å². The number of hydrogen-bond donors (Lipinski definition) is 0. The highest BCUT2D eigenvalue weighted by Crippen LogP contribution is 2.11. The Morgan fingerprint density at radius 3 is 3.30 bits per heavy atom. The fourth-order valence-electron chi connectivity index (χ4n) is 0.783. The Hall–Kier alpha value is -1.38. The number of fused-ring (bicyclic) bond motifs is 1. The Labute approximate surface area is 56.3 Å². The molecule has 0 aliphatic carbocycles. The summed E-state index contributed by atoms with van der Waals surface area (Å²) in [6.45, 7) is 0. The molecule has 0 aliphatic heterocycles. The molecule has 0 N–H and O–H groups in total. The predicted octanol–water partition coefficient (Wildman–Crippen LogP) is 1.77. The highest BCUT2D eigenvalue weighted by atomic mass is 19.1. The summed E-state index contributed by atoms with van der Waals surface area (Å²) in [7, 11) is 0. The summed E-state index contributed by atoms with van der Waals surface area (Å²) in [5.74, 6) is -0.322. The summed E-state index contributed by atoms with van der Waals surface area (Å²) in [6, 6.07) is 4.15. The fraction of sp³-hybridized carbons (Fsp3) is 0. The highest BCUT2D eigenvalue weighted by Gasteiger charge is 1.98. The molecule has 2 rings (SSSR count). The van der Waals surface area contributed by atoms with Crippen molar-refractivity contribution in [1.82, 2.24) is 4.98 Å². The van der Waals surface area contributed by atoms with Crippen LogP contribution in [0.3, 0.4) is 0 Å². The van der Waals surface area contributed by atoms with Crippen LogP contribution >= 0.6 is 0 Å². The van der Waals surface area contributed by atoms with Crippen molar-refractivity contribution in [2.75, 3.05) is 0 Å². The first-order chi connectivity index (χ1) is 4.86. The third-order valence-electron chi connectivity index (χ3n) is 1.24. The van der Waals surface area contributed by atoms with Crippen LogP contribution in [0.4, 0.5) is 4.39 Å². The molecule has 0 amide bonds. The Balaban J connectivity index is 2.86. The number of oxazole rings is 1. The van der Waals surface area contributed by atoms with Crippen LogP contribution in [0.15, 0.2) is 22.6 Å². The van der Waals surface area contributed by atoms with Crippen molar-refractivity contribution >= 4 is 11.1 Å². The Morgan fingerprint density at radius 2 is 2.40 bits per heavy atom. The van der Waals surface area contributed by atoms with Gasteiger partial charge in [0.05, 0.1) is 0 Å². The first-order valence-electron chi connectivity index (χ1n) is 2.78. The maximum atomic E-state index is 12.4. The van der Waals surface area contributed by atoms with Gasteiger partial charge in [0, 0.05) is 6.07 Å². The van der Waals surface area contributed by atoms with Crippen LogP contribution in [-0.4, -0.2) is 4.98 Å². The van der Waals surface area contributed by atoms with Gasteiger partial charge >= 0.3 is 0 Å². The standard InChI is InChI=1S/C7H3FNO/c8-5-1-2-6-7(3-5)10-4-9-6/h1-3H. The normalized spacial score (nSPS) is 10.5. The number of rotatable bonds is 0. The van der Waals surface area contributed by atoms with Gasteiger partial charge < -0.3 is 4.42 Å². The molecule has 0 bridgehead atoms. The van der Waals surface area contributed by atoms with E-state index in [0.29, 0.717) is 11.1 Å². The predicted molar refractivity (Wildman–Crippen MR) is 32.8 cm³/mol. The first-order valence-corrected chi connectivity index (χ1v) is 2.78. The van der Waals surface area contributed by atoms with Gasteiger partial charge in [-0.05, 0) is 12.1 Å². The molecule has 0 saturated carbocycles. The fourth-order valence-corrected chi connectivity index (χ4v) is 0.783. The lowest BCUT2D eigenvalue weighted by Crippen LogP contribution is -1.70. The van der Waals surface area contributed by atoms with Crippen LogP contribution in [0.5, 0.6) is 0 Å². The van der Waals surface area contributed by atoms with Gasteiger partial charge in [-0.2, -0.15) is 0 Å².